The smallest absolute Gasteiger partial charge is 0.371 e. The van der Waals surface area contributed by atoms with E-state index in [0.717, 1.165) is 10.0 Å². The SMILES string of the molecule is CC(NCc1cccc(Br)c1)c1ccc(C(=O)O)o1. The third-order valence-corrected chi connectivity index (χ3v) is 3.26. The van der Waals surface area contributed by atoms with Crippen molar-refractivity contribution in [3.63, 3.8) is 0 Å². The topological polar surface area (TPSA) is 62.5 Å². The summed E-state index contributed by atoms with van der Waals surface area (Å²) in [5.74, 6) is -0.469. The van der Waals surface area contributed by atoms with Crippen LogP contribution in [0.1, 0.15) is 34.8 Å². The van der Waals surface area contributed by atoms with Crippen LogP contribution in [0.4, 0.5) is 0 Å². The number of nitrogens with one attached hydrogen (secondary N) is 1. The predicted octanol–water partition coefficient (Wildman–Crippen LogP) is 3.59. The summed E-state index contributed by atoms with van der Waals surface area (Å²) in [7, 11) is 0. The van der Waals surface area contributed by atoms with E-state index in [1.165, 1.54) is 6.07 Å². The molecule has 1 heterocycles. The van der Waals surface area contributed by atoms with E-state index in [1.54, 1.807) is 6.07 Å². The Hall–Kier alpha value is -1.59. The van der Waals surface area contributed by atoms with E-state index in [-0.39, 0.29) is 11.8 Å². The molecule has 0 amide bonds. The van der Waals surface area contributed by atoms with Crippen molar-refractivity contribution in [3.05, 3.63) is 58.0 Å². The summed E-state index contributed by atoms with van der Waals surface area (Å²) in [4.78, 5) is 10.7. The van der Waals surface area contributed by atoms with Crippen LogP contribution in [0.25, 0.3) is 0 Å². The number of carbonyl (C=O) groups is 1. The Morgan fingerprint density at radius 2 is 2.21 bits per heavy atom. The molecule has 0 saturated carbocycles. The monoisotopic (exact) mass is 323 g/mol. The first-order chi connectivity index (χ1) is 9.06. The lowest BCUT2D eigenvalue weighted by Gasteiger charge is -2.11. The third kappa shape index (κ3) is 3.68. The number of furan rings is 1. The minimum absolute atomic E-state index is 0.0360. The fourth-order valence-corrected chi connectivity index (χ4v) is 2.17. The Morgan fingerprint density at radius 3 is 2.84 bits per heavy atom. The van der Waals surface area contributed by atoms with Crippen LogP contribution in [0, 0.1) is 0 Å². The molecule has 0 aliphatic heterocycles. The van der Waals surface area contributed by atoms with Crippen LogP contribution in [0.3, 0.4) is 0 Å². The highest BCUT2D eigenvalue weighted by Gasteiger charge is 2.13. The molecule has 1 aromatic carbocycles. The Balaban J connectivity index is 1.97. The van der Waals surface area contributed by atoms with Gasteiger partial charge in [0.25, 0.3) is 0 Å². The number of benzene rings is 1. The summed E-state index contributed by atoms with van der Waals surface area (Å²) in [6.45, 7) is 2.62. The Bertz CT molecular complexity index is 580. The molecule has 4 nitrogen and oxygen atoms in total. The lowest BCUT2D eigenvalue weighted by Crippen LogP contribution is -2.17. The maximum Gasteiger partial charge on any atom is 0.371 e. The first-order valence-electron chi connectivity index (χ1n) is 5.87. The maximum atomic E-state index is 10.7. The highest BCUT2D eigenvalue weighted by Crippen LogP contribution is 2.17. The van der Waals surface area contributed by atoms with Crippen LogP contribution in [-0.4, -0.2) is 11.1 Å². The van der Waals surface area contributed by atoms with Crippen molar-refractivity contribution >= 4 is 21.9 Å². The average Bonchev–Trinajstić information content (AvgIpc) is 2.86. The van der Waals surface area contributed by atoms with Crippen molar-refractivity contribution in [3.8, 4) is 0 Å². The molecule has 5 heteroatoms. The lowest BCUT2D eigenvalue weighted by atomic mass is 10.2. The number of carboxylic acids is 1. The van der Waals surface area contributed by atoms with E-state index < -0.39 is 5.97 Å². The molecule has 0 radical (unpaired) electrons. The van der Waals surface area contributed by atoms with Crippen molar-refractivity contribution < 1.29 is 14.3 Å². The van der Waals surface area contributed by atoms with Crippen molar-refractivity contribution in [1.82, 2.24) is 5.32 Å². The van der Waals surface area contributed by atoms with E-state index in [2.05, 4.69) is 21.2 Å². The van der Waals surface area contributed by atoms with Crippen molar-refractivity contribution in [2.75, 3.05) is 0 Å². The first-order valence-corrected chi connectivity index (χ1v) is 6.66. The van der Waals surface area contributed by atoms with E-state index in [1.807, 2.05) is 31.2 Å². The minimum Gasteiger partial charge on any atom is -0.475 e. The fraction of sp³-hybridized carbons (Fsp3) is 0.214. The standard InChI is InChI=1S/C14H14BrNO3/c1-9(12-5-6-13(19-12)14(17)18)16-8-10-3-2-4-11(15)7-10/h2-7,9,16H,8H2,1H3,(H,17,18). The molecule has 0 fully saturated rings. The van der Waals surface area contributed by atoms with Gasteiger partial charge in [0.05, 0.1) is 6.04 Å². The second-order valence-corrected chi connectivity index (χ2v) is 5.16. The number of hydrogen-bond donors (Lipinski definition) is 2. The predicted molar refractivity (Wildman–Crippen MR) is 75.1 cm³/mol. The molecule has 1 atom stereocenters. The minimum atomic E-state index is -1.05. The first kappa shape index (κ1) is 13.8. The normalized spacial score (nSPS) is 12.3. The van der Waals surface area contributed by atoms with Gasteiger partial charge in [0.15, 0.2) is 0 Å². The molecule has 0 bridgehead atoms. The van der Waals surface area contributed by atoms with Gasteiger partial charge in [-0.25, -0.2) is 4.79 Å². The van der Waals surface area contributed by atoms with Gasteiger partial charge in [-0.05, 0) is 36.8 Å². The molecule has 2 N–H and O–H groups in total. The second-order valence-electron chi connectivity index (χ2n) is 4.24. The molecule has 2 rings (SSSR count). The van der Waals surface area contributed by atoms with Crippen LogP contribution < -0.4 is 5.32 Å². The maximum absolute atomic E-state index is 10.7. The molecule has 0 aliphatic rings. The van der Waals surface area contributed by atoms with Crippen LogP contribution >= 0.6 is 15.9 Å². The molecule has 1 aromatic heterocycles. The van der Waals surface area contributed by atoms with Crippen molar-refractivity contribution in [2.45, 2.75) is 19.5 Å². The zero-order chi connectivity index (χ0) is 13.8. The summed E-state index contributed by atoms with van der Waals surface area (Å²) in [5, 5.41) is 12.1. The molecule has 2 aromatic rings. The summed E-state index contributed by atoms with van der Waals surface area (Å²) in [5.41, 5.74) is 1.14. The molecule has 19 heavy (non-hydrogen) atoms. The Labute approximate surface area is 119 Å². The van der Waals surface area contributed by atoms with Gasteiger partial charge in [0, 0.05) is 11.0 Å². The van der Waals surface area contributed by atoms with Crippen molar-refractivity contribution in [2.24, 2.45) is 0 Å². The van der Waals surface area contributed by atoms with Crippen LogP contribution in [0.15, 0.2) is 45.3 Å². The molecule has 100 valence electrons. The fourth-order valence-electron chi connectivity index (χ4n) is 1.72. The van der Waals surface area contributed by atoms with Crippen LogP contribution in [0.5, 0.6) is 0 Å². The van der Waals surface area contributed by atoms with Gasteiger partial charge in [0.2, 0.25) is 5.76 Å². The number of halogens is 1. The summed E-state index contributed by atoms with van der Waals surface area (Å²) >= 11 is 3.42. The van der Waals surface area contributed by atoms with Gasteiger partial charge in [-0.1, -0.05) is 28.1 Å². The molecular weight excluding hydrogens is 310 g/mol. The Kier molecular flexibility index (Phi) is 4.39. The highest BCUT2D eigenvalue weighted by molar-refractivity contribution is 9.10. The average molecular weight is 324 g/mol. The number of carboxylic acid groups (broad SMARTS) is 1. The van der Waals surface area contributed by atoms with E-state index in [4.69, 9.17) is 9.52 Å². The van der Waals surface area contributed by atoms with Crippen LogP contribution in [0.2, 0.25) is 0 Å². The molecule has 0 saturated heterocycles. The summed E-state index contributed by atoms with van der Waals surface area (Å²) < 4.78 is 6.28. The summed E-state index contributed by atoms with van der Waals surface area (Å²) in [6.07, 6.45) is 0. The number of rotatable bonds is 5. The van der Waals surface area contributed by atoms with Gasteiger partial charge < -0.3 is 14.8 Å². The van der Waals surface area contributed by atoms with E-state index in [0.29, 0.717) is 12.3 Å². The molecule has 0 spiro atoms. The largest absolute Gasteiger partial charge is 0.475 e. The van der Waals surface area contributed by atoms with E-state index >= 15 is 0 Å². The zero-order valence-corrected chi connectivity index (χ0v) is 12.0. The van der Waals surface area contributed by atoms with E-state index in [9.17, 15) is 4.79 Å². The summed E-state index contributed by atoms with van der Waals surface area (Å²) in [6, 6.07) is 11.1. The Morgan fingerprint density at radius 1 is 1.42 bits per heavy atom. The quantitative estimate of drug-likeness (QED) is 0.882. The van der Waals surface area contributed by atoms with Gasteiger partial charge in [-0.3, -0.25) is 0 Å². The van der Waals surface area contributed by atoms with Gasteiger partial charge in [-0.15, -0.1) is 0 Å². The third-order valence-electron chi connectivity index (χ3n) is 2.77. The van der Waals surface area contributed by atoms with Crippen molar-refractivity contribution in [1.29, 1.82) is 0 Å². The number of hydrogen-bond acceptors (Lipinski definition) is 3. The zero-order valence-electron chi connectivity index (χ0n) is 10.4. The highest BCUT2D eigenvalue weighted by atomic mass is 79.9. The van der Waals surface area contributed by atoms with Gasteiger partial charge in [-0.2, -0.15) is 0 Å². The lowest BCUT2D eigenvalue weighted by molar-refractivity contribution is 0.0659. The van der Waals surface area contributed by atoms with Gasteiger partial charge in [0.1, 0.15) is 5.76 Å². The number of aromatic carboxylic acids is 1. The van der Waals surface area contributed by atoms with Crippen LogP contribution in [-0.2, 0) is 6.54 Å². The molecule has 1 unspecified atom stereocenters. The molecular formula is C14H14BrNO3. The molecule has 0 aliphatic carbocycles. The second kappa shape index (κ2) is 6.04. The van der Waals surface area contributed by atoms with Gasteiger partial charge >= 0.3 is 5.97 Å².